The van der Waals surface area contributed by atoms with Gasteiger partial charge >= 0.3 is 11.5 Å². The Labute approximate surface area is 193 Å². The number of imide groups is 1. The molecule has 6 nitrogen and oxygen atoms in total. The Bertz CT molecular complexity index is 1070. The average Bonchev–Trinajstić information content (AvgIpc) is 3.57. The molecule has 3 fully saturated rings. The number of anilines is 2. The first-order valence-electron chi connectivity index (χ1n) is 11.0. The third-order valence-electron chi connectivity index (χ3n) is 6.50. The Morgan fingerprint density at radius 3 is 2.33 bits per heavy atom. The summed E-state index contributed by atoms with van der Waals surface area (Å²) in [5.41, 5.74) is -3.04. The van der Waals surface area contributed by atoms with Crippen molar-refractivity contribution < 1.29 is 22.8 Å². The monoisotopic (exact) mass is 476 g/mol. The number of halogens is 3. The molecular weight excluding hydrogens is 453 g/mol. The highest BCUT2D eigenvalue weighted by molar-refractivity contribution is 8.00. The Balaban J connectivity index is 1.40. The molecule has 3 aliphatic rings. The van der Waals surface area contributed by atoms with Gasteiger partial charge in [0.05, 0.1) is 24.1 Å². The first-order chi connectivity index (χ1) is 15.8. The summed E-state index contributed by atoms with van der Waals surface area (Å²) in [6.45, 7) is 2.16. The van der Waals surface area contributed by atoms with E-state index in [0.29, 0.717) is 12.8 Å². The number of amides is 3. The molecule has 33 heavy (non-hydrogen) atoms. The predicted octanol–water partition coefficient (Wildman–Crippen LogP) is 5.19. The van der Waals surface area contributed by atoms with Gasteiger partial charge in [0.2, 0.25) is 0 Å². The fourth-order valence-electron chi connectivity index (χ4n) is 4.70. The van der Waals surface area contributed by atoms with E-state index in [0.717, 1.165) is 42.1 Å². The van der Waals surface area contributed by atoms with E-state index >= 15 is 0 Å². The number of carbonyl (C=O) groups excluding carboxylic acids is 2. The van der Waals surface area contributed by atoms with Gasteiger partial charge in [0.25, 0.3) is 5.91 Å². The van der Waals surface area contributed by atoms with Crippen LogP contribution in [0.25, 0.3) is 0 Å². The number of aromatic nitrogens is 1. The lowest BCUT2D eigenvalue weighted by Crippen LogP contribution is -2.37. The molecule has 174 valence electrons. The molecule has 2 aromatic rings. The SMILES string of the molecule is O=C1N(c2ccc(SC(F)(F)F)cc2)C(=O)C2(CC2)N1Cc1ccncc1N1CCCCC1. The van der Waals surface area contributed by atoms with Crippen LogP contribution < -0.4 is 9.80 Å². The van der Waals surface area contributed by atoms with Gasteiger partial charge in [-0.15, -0.1) is 0 Å². The van der Waals surface area contributed by atoms with E-state index in [9.17, 15) is 22.8 Å². The number of hydrogen-bond donors (Lipinski definition) is 0. The Kier molecular flexibility index (Phi) is 5.50. The van der Waals surface area contributed by atoms with Crippen molar-refractivity contribution in [2.75, 3.05) is 22.9 Å². The van der Waals surface area contributed by atoms with Crippen molar-refractivity contribution in [3.63, 3.8) is 0 Å². The van der Waals surface area contributed by atoms with Gasteiger partial charge in [-0.1, -0.05) is 0 Å². The van der Waals surface area contributed by atoms with Crippen LogP contribution >= 0.6 is 11.8 Å². The molecule has 1 saturated carbocycles. The van der Waals surface area contributed by atoms with Crippen molar-refractivity contribution in [3.8, 4) is 0 Å². The lowest BCUT2D eigenvalue weighted by atomic mass is 10.1. The molecule has 1 aliphatic carbocycles. The van der Waals surface area contributed by atoms with Gasteiger partial charge in [0.15, 0.2) is 0 Å². The van der Waals surface area contributed by atoms with Gasteiger partial charge in [-0.25, -0.2) is 9.69 Å². The molecule has 1 aromatic carbocycles. The number of thioether (sulfide) groups is 1. The summed E-state index contributed by atoms with van der Waals surface area (Å²) >= 11 is -0.226. The van der Waals surface area contributed by atoms with Crippen LogP contribution in [0.15, 0.2) is 47.6 Å². The van der Waals surface area contributed by atoms with Crippen molar-refractivity contribution in [1.29, 1.82) is 0 Å². The zero-order chi connectivity index (χ0) is 23.2. The number of pyridine rings is 1. The topological polar surface area (TPSA) is 56.8 Å². The molecule has 3 heterocycles. The van der Waals surface area contributed by atoms with E-state index in [1.807, 2.05) is 12.3 Å². The van der Waals surface area contributed by atoms with Crippen LogP contribution in [0.3, 0.4) is 0 Å². The summed E-state index contributed by atoms with van der Waals surface area (Å²) in [5.74, 6) is -0.308. The Hall–Kier alpha value is -2.75. The van der Waals surface area contributed by atoms with Crippen LogP contribution in [0, 0.1) is 0 Å². The zero-order valence-corrected chi connectivity index (χ0v) is 18.7. The second-order valence-corrected chi connectivity index (χ2v) is 9.77. The first-order valence-corrected chi connectivity index (χ1v) is 11.8. The number of rotatable bonds is 5. The molecule has 0 bridgehead atoms. The highest BCUT2D eigenvalue weighted by Gasteiger charge is 2.65. The number of piperidine rings is 1. The van der Waals surface area contributed by atoms with Crippen molar-refractivity contribution in [3.05, 3.63) is 48.3 Å². The highest BCUT2D eigenvalue weighted by atomic mass is 32.2. The summed E-state index contributed by atoms with van der Waals surface area (Å²) in [5, 5.41) is 0. The minimum Gasteiger partial charge on any atom is -0.370 e. The van der Waals surface area contributed by atoms with E-state index < -0.39 is 17.1 Å². The van der Waals surface area contributed by atoms with Crippen molar-refractivity contribution in [1.82, 2.24) is 9.88 Å². The summed E-state index contributed by atoms with van der Waals surface area (Å²) in [4.78, 5) is 35.9. The molecule has 0 atom stereocenters. The van der Waals surface area contributed by atoms with Crippen LogP contribution in [0.5, 0.6) is 0 Å². The summed E-state index contributed by atoms with van der Waals surface area (Å²) in [6, 6.07) is 6.82. The number of carbonyl (C=O) groups is 2. The fraction of sp³-hybridized carbons (Fsp3) is 0.435. The van der Waals surface area contributed by atoms with Gasteiger partial charge in [0, 0.05) is 24.2 Å². The number of benzene rings is 1. The maximum absolute atomic E-state index is 13.4. The third kappa shape index (κ3) is 4.16. The van der Waals surface area contributed by atoms with Crippen molar-refractivity contribution in [2.45, 2.75) is 54.6 Å². The lowest BCUT2D eigenvalue weighted by Gasteiger charge is -2.31. The highest BCUT2D eigenvalue weighted by Crippen LogP contribution is 2.50. The third-order valence-corrected chi connectivity index (χ3v) is 7.24. The van der Waals surface area contributed by atoms with E-state index in [1.165, 1.54) is 30.7 Å². The van der Waals surface area contributed by atoms with Gasteiger partial charge in [-0.05, 0) is 79.8 Å². The minimum absolute atomic E-state index is 0.00583. The molecule has 2 aliphatic heterocycles. The molecule has 0 unspecified atom stereocenters. The summed E-state index contributed by atoms with van der Waals surface area (Å²) < 4.78 is 37.9. The zero-order valence-electron chi connectivity index (χ0n) is 17.8. The standard InChI is InChI=1S/C23H23F3N4O2S/c24-23(25,26)33-18-6-4-17(5-7-18)30-20(31)22(9-10-22)29(21(30)32)15-16-8-11-27-14-19(16)28-12-2-1-3-13-28/h4-8,11,14H,1-3,9-10,12-13,15H2. The smallest absolute Gasteiger partial charge is 0.370 e. The average molecular weight is 477 g/mol. The lowest BCUT2D eigenvalue weighted by molar-refractivity contribution is -0.120. The van der Waals surface area contributed by atoms with Gasteiger partial charge in [-0.2, -0.15) is 13.2 Å². The Morgan fingerprint density at radius 2 is 1.70 bits per heavy atom. The molecule has 10 heteroatoms. The van der Waals surface area contributed by atoms with Crippen LogP contribution in [-0.2, 0) is 11.3 Å². The van der Waals surface area contributed by atoms with Crippen molar-refractivity contribution >= 4 is 35.1 Å². The molecule has 1 spiro atoms. The van der Waals surface area contributed by atoms with Crippen LogP contribution in [-0.4, -0.2) is 46.0 Å². The van der Waals surface area contributed by atoms with E-state index in [2.05, 4.69) is 9.88 Å². The minimum atomic E-state index is -4.40. The maximum atomic E-state index is 13.4. The second-order valence-electron chi connectivity index (χ2n) is 8.63. The van der Waals surface area contributed by atoms with Gasteiger partial charge in [0.1, 0.15) is 5.54 Å². The fourth-order valence-corrected chi connectivity index (χ4v) is 5.24. The molecule has 2 saturated heterocycles. The predicted molar refractivity (Wildman–Crippen MR) is 119 cm³/mol. The van der Waals surface area contributed by atoms with Gasteiger partial charge < -0.3 is 9.80 Å². The first kappa shape index (κ1) is 22.1. The maximum Gasteiger partial charge on any atom is 0.446 e. The molecule has 5 rings (SSSR count). The molecular formula is C23H23F3N4O2S. The summed E-state index contributed by atoms with van der Waals surface area (Å²) in [6.07, 6.45) is 8.09. The van der Waals surface area contributed by atoms with Crippen molar-refractivity contribution in [2.24, 2.45) is 0 Å². The molecule has 1 aromatic heterocycles. The van der Waals surface area contributed by atoms with E-state index in [-0.39, 0.29) is 34.8 Å². The van der Waals surface area contributed by atoms with E-state index in [1.54, 1.807) is 11.1 Å². The number of hydrogen-bond acceptors (Lipinski definition) is 5. The van der Waals surface area contributed by atoms with Crippen LogP contribution in [0.2, 0.25) is 0 Å². The Morgan fingerprint density at radius 1 is 1.00 bits per heavy atom. The second kappa shape index (κ2) is 8.23. The van der Waals surface area contributed by atoms with E-state index in [4.69, 9.17) is 0 Å². The molecule has 3 amide bonds. The largest absolute Gasteiger partial charge is 0.446 e. The number of nitrogens with zero attached hydrogens (tertiary/aromatic N) is 4. The quantitative estimate of drug-likeness (QED) is 0.439. The summed E-state index contributed by atoms with van der Waals surface area (Å²) in [7, 11) is 0. The molecule has 0 N–H and O–H groups in total. The molecule has 0 radical (unpaired) electrons. The van der Waals surface area contributed by atoms with Crippen LogP contribution in [0.4, 0.5) is 29.3 Å². The number of alkyl halides is 3. The van der Waals surface area contributed by atoms with Crippen LogP contribution in [0.1, 0.15) is 37.7 Å². The number of urea groups is 1. The van der Waals surface area contributed by atoms with Gasteiger partial charge in [-0.3, -0.25) is 9.78 Å². The normalized spacial score (nSPS) is 20.2.